The van der Waals surface area contributed by atoms with Gasteiger partial charge in [0.15, 0.2) is 0 Å². The number of halogens is 2. The molecule has 2 nitrogen and oxygen atoms in total. The number of imidazole rings is 1. The van der Waals surface area contributed by atoms with Crippen molar-refractivity contribution >= 4 is 57.0 Å². The van der Waals surface area contributed by atoms with Crippen LogP contribution in [0.3, 0.4) is 0 Å². The van der Waals surface area contributed by atoms with Crippen molar-refractivity contribution < 1.29 is 0 Å². The third-order valence-corrected chi connectivity index (χ3v) is 6.05. The molecule has 5 heteroatoms. The van der Waals surface area contributed by atoms with Crippen molar-refractivity contribution in [1.82, 2.24) is 9.55 Å². The van der Waals surface area contributed by atoms with Crippen LogP contribution in [0.4, 0.5) is 0 Å². The normalized spacial score (nSPS) is 24.4. The molecular weight excluding hydrogens is 403 g/mol. The lowest BCUT2D eigenvalue weighted by Crippen LogP contribution is -2.10. The number of thioether (sulfide) groups is 1. The first-order valence-corrected chi connectivity index (χ1v) is 9.74. The van der Waals surface area contributed by atoms with E-state index in [0.29, 0.717) is 6.04 Å². The number of aromatic nitrogens is 2. The highest BCUT2D eigenvalue weighted by molar-refractivity contribution is 14.1. The number of hydrogen-bond donors (Lipinski definition) is 0. The Labute approximate surface area is 142 Å². The number of nitrogens with zero attached hydrogens (tertiary/aromatic N) is 2. The smallest absolute Gasteiger partial charge is 0.127 e. The van der Waals surface area contributed by atoms with Crippen molar-refractivity contribution in [3.05, 3.63) is 27.6 Å². The summed E-state index contributed by atoms with van der Waals surface area (Å²) in [6, 6.07) is 7.05. The zero-order chi connectivity index (χ0) is 14.3. The molecule has 1 fully saturated rings. The van der Waals surface area contributed by atoms with E-state index in [1.807, 2.05) is 18.7 Å². The predicted octanol–water partition coefficient (Wildman–Crippen LogP) is 5.40. The molecule has 3 atom stereocenters. The lowest BCUT2D eigenvalue weighted by Gasteiger charge is -2.18. The van der Waals surface area contributed by atoms with Gasteiger partial charge in [0.25, 0.3) is 0 Å². The van der Waals surface area contributed by atoms with Gasteiger partial charge >= 0.3 is 0 Å². The minimum atomic E-state index is -0.0478. The molecule has 0 aliphatic heterocycles. The number of benzene rings is 1. The maximum Gasteiger partial charge on any atom is 0.127 e. The molecule has 1 aromatic carbocycles. The van der Waals surface area contributed by atoms with Crippen LogP contribution >= 0.6 is 46.0 Å². The van der Waals surface area contributed by atoms with Crippen LogP contribution in [0.25, 0.3) is 11.0 Å². The van der Waals surface area contributed by atoms with Gasteiger partial charge in [0, 0.05) is 14.9 Å². The Hall–Kier alpha value is 0.0600. The fourth-order valence-corrected chi connectivity index (χ4v) is 4.54. The van der Waals surface area contributed by atoms with E-state index >= 15 is 0 Å². The molecule has 3 rings (SSSR count). The number of hydrogen-bond acceptors (Lipinski definition) is 2. The quantitative estimate of drug-likeness (QED) is 0.489. The van der Waals surface area contributed by atoms with E-state index in [1.165, 1.54) is 28.3 Å². The zero-order valence-electron chi connectivity index (χ0n) is 11.6. The molecule has 3 unspecified atom stereocenters. The average molecular weight is 421 g/mol. The summed E-state index contributed by atoms with van der Waals surface area (Å²) in [6.45, 7) is 2.02. The van der Waals surface area contributed by atoms with Crippen LogP contribution in [0.15, 0.2) is 18.2 Å². The second kappa shape index (κ2) is 6.05. The first-order valence-electron chi connectivity index (χ1n) is 6.94. The van der Waals surface area contributed by atoms with Gasteiger partial charge in [0.05, 0.1) is 16.4 Å². The summed E-state index contributed by atoms with van der Waals surface area (Å²) in [6.07, 6.45) is 5.98. The molecule has 1 heterocycles. The summed E-state index contributed by atoms with van der Waals surface area (Å²) in [5.74, 6) is 1.02. The van der Waals surface area contributed by atoms with E-state index in [2.05, 4.69) is 51.6 Å². The Kier molecular flexibility index (Phi) is 4.53. The molecule has 1 saturated carbocycles. The van der Waals surface area contributed by atoms with Gasteiger partial charge in [-0.1, -0.05) is 0 Å². The maximum absolute atomic E-state index is 6.38. The van der Waals surface area contributed by atoms with Crippen LogP contribution in [0.1, 0.15) is 43.4 Å². The summed E-state index contributed by atoms with van der Waals surface area (Å²) in [5.41, 5.74) is 2.31. The highest BCUT2D eigenvalue weighted by atomic mass is 127. The Bertz CT molecular complexity index is 626. The highest BCUT2D eigenvalue weighted by Gasteiger charge is 2.29. The molecule has 0 saturated heterocycles. The highest BCUT2D eigenvalue weighted by Crippen LogP contribution is 2.40. The zero-order valence-corrected chi connectivity index (χ0v) is 15.4. The van der Waals surface area contributed by atoms with Crippen LogP contribution in [0, 0.1) is 3.57 Å². The third-order valence-electron chi connectivity index (χ3n) is 4.09. The van der Waals surface area contributed by atoms with Crippen molar-refractivity contribution in [2.24, 2.45) is 0 Å². The van der Waals surface area contributed by atoms with Gasteiger partial charge in [0.1, 0.15) is 5.82 Å². The van der Waals surface area contributed by atoms with Crippen LogP contribution in [-0.2, 0) is 0 Å². The molecule has 0 radical (unpaired) electrons. The predicted molar refractivity (Wildman–Crippen MR) is 96.9 cm³/mol. The first kappa shape index (κ1) is 15.0. The largest absolute Gasteiger partial charge is 0.324 e. The van der Waals surface area contributed by atoms with Gasteiger partial charge in [-0.3, -0.25) is 0 Å². The third kappa shape index (κ3) is 2.71. The van der Waals surface area contributed by atoms with E-state index in [0.717, 1.165) is 16.6 Å². The molecule has 20 heavy (non-hydrogen) atoms. The van der Waals surface area contributed by atoms with Gasteiger partial charge in [-0.2, -0.15) is 11.8 Å². The van der Waals surface area contributed by atoms with Crippen LogP contribution in [-0.4, -0.2) is 21.1 Å². The second-order valence-corrected chi connectivity index (χ2v) is 8.45. The molecule has 1 aromatic heterocycles. The van der Waals surface area contributed by atoms with Crippen molar-refractivity contribution in [2.45, 2.75) is 42.9 Å². The Balaban J connectivity index is 2.10. The fourth-order valence-electron chi connectivity index (χ4n) is 3.12. The summed E-state index contributed by atoms with van der Waals surface area (Å²) < 4.78 is 3.63. The molecular formula is C15H18ClIN2S. The summed E-state index contributed by atoms with van der Waals surface area (Å²) in [4.78, 5) is 4.79. The second-order valence-electron chi connectivity index (χ2n) is 5.41. The maximum atomic E-state index is 6.38. The molecule has 0 N–H and O–H groups in total. The monoisotopic (exact) mass is 420 g/mol. The first-order chi connectivity index (χ1) is 9.60. The van der Waals surface area contributed by atoms with E-state index in [1.54, 1.807) is 0 Å². The Morgan fingerprint density at radius 2 is 2.25 bits per heavy atom. The van der Waals surface area contributed by atoms with Crippen molar-refractivity contribution in [1.29, 1.82) is 0 Å². The number of fused-ring (bicyclic) bond motifs is 1. The molecule has 108 valence electrons. The van der Waals surface area contributed by atoms with Crippen LogP contribution < -0.4 is 0 Å². The minimum absolute atomic E-state index is 0.0478. The molecule has 0 spiro atoms. The number of alkyl halides is 1. The molecule has 1 aliphatic rings. The van der Waals surface area contributed by atoms with Crippen LogP contribution in [0.5, 0.6) is 0 Å². The van der Waals surface area contributed by atoms with E-state index in [4.69, 9.17) is 16.6 Å². The van der Waals surface area contributed by atoms with E-state index < -0.39 is 0 Å². The van der Waals surface area contributed by atoms with Crippen LogP contribution in [0.2, 0.25) is 0 Å². The SMILES string of the molecule is CSC1CCC(n2c(C(C)Cl)nc3cc(I)ccc32)C1. The van der Waals surface area contributed by atoms with Gasteiger partial charge in [0.2, 0.25) is 0 Å². The lowest BCUT2D eigenvalue weighted by molar-refractivity contribution is 0.511. The van der Waals surface area contributed by atoms with Crippen molar-refractivity contribution in [3.63, 3.8) is 0 Å². The van der Waals surface area contributed by atoms with E-state index in [9.17, 15) is 0 Å². The van der Waals surface area contributed by atoms with Crippen molar-refractivity contribution in [3.8, 4) is 0 Å². The topological polar surface area (TPSA) is 17.8 Å². The van der Waals surface area contributed by atoms with E-state index in [-0.39, 0.29) is 5.38 Å². The Morgan fingerprint density at radius 1 is 1.45 bits per heavy atom. The van der Waals surface area contributed by atoms with Gasteiger partial charge in [-0.15, -0.1) is 11.6 Å². The molecule has 1 aliphatic carbocycles. The lowest BCUT2D eigenvalue weighted by atomic mass is 10.2. The average Bonchev–Trinajstić information content (AvgIpc) is 3.00. The summed E-state index contributed by atoms with van der Waals surface area (Å²) >= 11 is 10.7. The van der Waals surface area contributed by atoms with Gasteiger partial charge < -0.3 is 4.57 Å². The van der Waals surface area contributed by atoms with Gasteiger partial charge in [-0.05, 0) is 73.2 Å². The Morgan fingerprint density at radius 3 is 2.90 bits per heavy atom. The van der Waals surface area contributed by atoms with Gasteiger partial charge in [-0.25, -0.2) is 4.98 Å². The fraction of sp³-hybridized carbons (Fsp3) is 0.533. The number of rotatable bonds is 3. The molecule has 0 bridgehead atoms. The molecule has 2 aromatic rings. The summed E-state index contributed by atoms with van der Waals surface area (Å²) in [5, 5.41) is 0.730. The standard InChI is InChI=1S/C15H18ClIN2S/c1-9(16)15-18-13-7-10(17)3-6-14(13)19(15)11-4-5-12(8-11)20-2/h3,6-7,9,11-12H,4-5,8H2,1-2H3. The summed E-state index contributed by atoms with van der Waals surface area (Å²) in [7, 11) is 0. The van der Waals surface area contributed by atoms with Crippen molar-refractivity contribution in [2.75, 3.05) is 6.26 Å². The molecule has 0 amide bonds. The minimum Gasteiger partial charge on any atom is -0.324 e.